The average molecular weight is 394 g/mol. The highest BCUT2D eigenvalue weighted by Gasteiger charge is 2.24. The number of benzene rings is 1. The van der Waals surface area contributed by atoms with Crippen LogP contribution in [0.2, 0.25) is 0 Å². The number of nitrogens with one attached hydrogen (secondary N) is 1. The molecule has 0 radical (unpaired) electrons. The van der Waals surface area contributed by atoms with Gasteiger partial charge in [-0.15, -0.1) is 0 Å². The van der Waals surface area contributed by atoms with E-state index in [1.54, 1.807) is 12.1 Å². The fourth-order valence-corrected chi connectivity index (χ4v) is 3.40. The zero-order valence-corrected chi connectivity index (χ0v) is 15.3. The molecule has 3 N–H and O–H groups in total. The highest BCUT2D eigenvalue weighted by Crippen LogP contribution is 2.28. The fraction of sp³-hybridized carbons (Fsp3) is 0.412. The maximum Gasteiger partial charge on any atom is 0.222 e. The van der Waals surface area contributed by atoms with Gasteiger partial charge in [0.2, 0.25) is 5.95 Å². The van der Waals surface area contributed by atoms with E-state index < -0.39 is 0 Å². The zero-order valence-electron chi connectivity index (χ0n) is 13.8. The van der Waals surface area contributed by atoms with Crippen LogP contribution in [-0.2, 0) is 0 Å². The molecule has 1 atom stereocenters. The van der Waals surface area contributed by atoms with Crippen LogP contribution in [0.25, 0.3) is 0 Å². The Morgan fingerprint density at radius 2 is 2.12 bits per heavy atom. The minimum Gasteiger partial charge on any atom is -0.368 e. The van der Waals surface area contributed by atoms with Crippen LogP contribution in [0, 0.1) is 5.82 Å². The number of piperazine rings is 1. The highest BCUT2D eigenvalue weighted by atomic mass is 79.9. The van der Waals surface area contributed by atoms with Crippen LogP contribution in [0.1, 0.15) is 37.1 Å². The molecule has 7 heteroatoms. The first kappa shape index (κ1) is 17.1. The van der Waals surface area contributed by atoms with Gasteiger partial charge in [0.15, 0.2) is 0 Å². The second kappa shape index (κ2) is 7.03. The zero-order chi connectivity index (χ0) is 17.3. The molecule has 1 aromatic carbocycles. The second-order valence-corrected chi connectivity index (χ2v) is 7.14. The van der Waals surface area contributed by atoms with Crippen molar-refractivity contribution in [2.75, 3.05) is 30.3 Å². The summed E-state index contributed by atoms with van der Waals surface area (Å²) in [6, 6.07) is 6.77. The van der Waals surface area contributed by atoms with Gasteiger partial charge in [-0.2, -0.15) is 4.98 Å². The number of hydrogen-bond acceptors (Lipinski definition) is 5. The Bertz CT molecular complexity index is 737. The molecule has 128 valence electrons. The van der Waals surface area contributed by atoms with Crippen molar-refractivity contribution in [1.82, 2.24) is 15.3 Å². The van der Waals surface area contributed by atoms with Gasteiger partial charge < -0.3 is 16.0 Å². The number of aromatic nitrogens is 2. The Labute approximate surface area is 149 Å². The summed E-state index contributed by atoms with van der Waals surface area (Å²) in [6.45, 7) is 6.45. The van der Waals surface area contributed by atoms with E-state index in [0.717, 1.165) is 34.6 Å². The van der Waals surface area contributed by atoms with Gasteiger partial charge in [0, 0.05) is 30.2 Å². The van der Waals surface area contributed by atoms with Crippen LogP contribution in [0.4, 0.5) is 16.2 Å². The molecule has 1 saturated heterocycles. The molecule has 0 aliphatic carbocycles. The van der Waals surface area contributed by atoms with Crippen LogP contribution < -0.4 is 16.0 Å². The van der Waals surface area contributed by atoms with Crippen molar-refractivity contribution in [2.45, 2.75) is 25.8 Å². The standard InChI is InChI=1S/C17H21BrFN5/c1-10(2)14-8-16(23-17(20)22-14)24-6-5-21-15(9-24)12-7-11(19)3-4-13(12)18/h3-4,7-8,10,15,21H,5-6,9H2,1-2H3,(H2,20,22,23). The molecule has 5 nitrogen and oxygen atoms in total. The van der Waals surface area contributed by atoms with Gasteiger partial charge in [0.25, 0.3) is 0 Å². The lowest BCUT2D eigenvalue weighted by Crippen LogP contribution is -2.46. The van der Waals surface area contributed by atoms with E-state index in [1.165, 1.54) is 6.07 Å². The molecule has 3 rings (SSSR count). The Hall–Kier alpha value is -1.73. The van der Waals surface area contributed by atoms with E-state index in [4.69, 9.17) is 5.73 Å². The number of nitrogen functional groups attached to an aromatic ring is 1. The van der Waals surface area contributed by atoms with Crippen molar-refractivity contribution in [2.24, 2.45) is 0 Å². The number of nitrogens with two attached hydrogens (primary N) is 1. The summed E-state index contributed by atoms with van der Waals surface area (Å²) in [5.41, 5.74) is 7.71. The van der Waals surface area contributed by atoms with Crippen LogP contribution in [0.5, 0.6) is 0 Å². The summed E-state index contributed by atoms with van der Waals surface area (Å²) < 4.78 is 14.5. The maximum atomic E-state index is 13.6. The van der Waals surface area contributed by atoms with E-state index in [1.807, 2.05) is 6.07 Å². The van der Waals surface area contributed by atoms with E-state index in [-0.39, 0.29) is 17.8 Å². The van der Waals surface area contributed by atoms with Crippen molar-refractivity contribution >= 4 is 27.7 Å². The first-order valence-corrected chi connectivity index (χ1v) is 8.81. The molecule has 0 saturated carbocycles. The SMILES string of the molecule is CC(C)c1cc(N2CCNC(c3cc(F)ccc3Br)C2)nc(N)n1. The molecule has 0 spiro atoms. The highest BCUT2D eigenvalue weighted by molar-refractivity contribution is 9.10. The largest absolute Gasteiger partial charge is 0.368 e. The summed E-state index contributed by atoms with van der Waals surface area (Å²) >= 11 is 3.51. The van der Waals surface area contributed by atoms with Gasteiger partial charge in [-0.05, 0) is 29.7 Å². The Morgan fingerprint density at radius 1 is 1.33 bits per heavy atom. The molecule has 2 heterocycles. The predicted molar refractivity (Wildman–Crippen MR) is 97.6 cm³/mol. The smallest absolute Gasteiger partial charge is 0.222 e. The van der Waals surface area contributed by atoms with Crippen molar-refractivity contribution < 1.29 is 4.39 Å². The van der Waals surface area contributed by atoms with Gasteiger partial charge >= 0.3 is 0 Å². The number of nitrogens with zero attached hydrogens (tertiary/aromatic N) is 3. The molecule has 0 bridgehead atoms. The molecular formula is C17H21BrFN5. The van der Waals surface area contributed by atoms with Gasteiger partial charge in [0.05, 0.1) is 11.7 Å². The lowest BCUT2D eigenvalue weighted by molar-refractivity contribution is 0.465. The lowest BCUT2D eigenvalue weighted by atomic mass is 10.0. The molecule has 24 heavy (non-hydrogen) atoms. The number of halogens is 2. The van der Waals surface area contributed by atoms with Gasteiger partial charge in [0.1, 0.15) is 11.6 Å². The Morgan fingerprint density at radius 3 is 2.88 bits per heavy atom. The Kier molecular flexibility index (Phi) is 5.01. The third-order valence-corrected chi connectivity index (χ3v) is 4.90. The van der Waals surface area contributed by atoms with Crippen LogP contribution in [0.15, 0.2) is 28.7 Å². The van der Waals surface area contributed by atoms with Gasteiger partial charge in [-0.25, -0.2) is 9.37 Å². The summed E-state index contributed by atoms with van der Waals surface area (Å²) in [5.74, 6) is 1.16. The molecule has 1 fully saturated rings. The molecule has 1 aromatic heterocycles. The minimum absolute atomic E-state index is 0.0162. The third kappa shape index (κ3) is 3.67. The third-order valence-electron chi connectivity index (χ3n) is 4.17. The van der Waals surface area contributed by atoms with Crippen molar-refractivity contribution in [3.05, 3.63) is 45.8 Å². The molecule has 1 unspecified atom stereocenters. The monoisotopic (exact) mass is 393 g/mol. The van der Waals surface area contributed by atoms with Crippen LogP contribution in [-0.4, -0.2) is 29.6 Å². The summed E-state index contributed by atoms with van der Waals surface area (Å²) in [5, 5.41) is 3.44. The fourth-order valence-electron chi connectivity index (χ4n) is 2.88. The van der Waals surface area contributed by atoms with Crippen molar-refractivity contribution in [3.63, 3.8) is 0 Å². The minimum atomic E-state index is -0.236. The number of rotatable bonds is 3. The summed E-state index contributed by atoms with van der Waals surface area (Å²) in [6.07, 6.45) is 0. The first-order valence-electron chi connectivity index (χ1n) is 8.02. The Balaban J connectivity index is 1.87. The van der Waals surface area contributed by atoms with Gasteiger partial charge in [-0.3, -0.25) is 0 Å². The lowest BCUT2D eigenvalue weighted by Gasteiger charge is -2.35. The van der Waals surface area contributed by atoms with E-state index >= 15 is 0 Å². The number of anilines is 2. The molecular weight excluding hydrogens is 373 g/mol. The van der Waals surface area contributed by atoms with Crippen LogP contribution in [0.3, 0.4) is 0 Å². The van der Waals surface area contributed by atoms with E-state index in [2.05, 4.69) is 50.0 Å². The van der Waals surface area contributed by atoms with Crippen molar-refractivity contribution in [3.8, 4) is 0 Å². The van der Waals surface area contributed by atoms with E-state index in [9.17, 15) is 4.39 Å². The first-order chi connectivity index (χ1) is 11.4. The predicted octanol–water partition coefficient (Wildman–Crippen LogP) is 3.23. The summed E-state index contributed by atoms with van der Waals surface area (Å²) in [7, 11) is 0. The maximum absolute atomic E-state index is 13.6. The number of hydrogen-bond donors (Lipinski definition) is 2. The molecule has 0 amide bonds. The summed E-state index contributed by atoms with van der Waals surface area (Å²) in [4.78, 5) is 10.9. The topological polar surface area (TPSA) is 67.1 Å². The van der Waals surface area contributed by atoms with E-state index in [0.29, 0.717) is 12.5 Å². The van der Waals surface area contributed by atoms with Crippen molar-refractivity contribution in [1.29, 1.82) is 0 Å². The quantitative estimate of drug-likeness (QED) is 0.837. The average Bonchev–Trinajstić information content (AvgIpc) is 2.56. The molecule has 1 aliphatic heterocycles. The van der Waals surface area contributed by atoms with Gasteiger partial charge in [-0.1, -0.05) is 29.8 Å². The molecule has 2 aromatic rings. The second-order valence-electron chi connectivity index (χ2n) is 6.28. The van der Waals surface area contributed by atoms with Crippen LogP contribution >= 0.6 is 15.9 Å². The normalized spacial score (nSPS) is 18.2. The molecule has 1 aliphatic rings.